The summed E-state index contributed by atoms with van der Waals surface area (Å²) in [7, 11) is -4.69. The molecule has 0 saturated carbocycles. The monoisotopic (exact) mass is 172 g/mol. The van der Waals surface area contributed by atoms with Crippen molar-refractivity contribution < 1.29 is 33.6 Å². The number of ether oxygens (including phenoxy) is 1. The largest absolute Gasteiger partial charge is 0.381 e. The van der Waals surface area contributed by atoms with Gasteiger partial charge in [0.15, 0.2) is 0 Å². The van der Waals surface area contributed by atoms with E-state index in [4.69, 9.17) is 23.4 Å². The third-order valence-electron chi connectivity index (χ3n) is 0.827. The predicted molar refractivity (Wildman–Crippen MR) is 22.3 cm³/mol. The van der Waals surface area contributed by atoms with Gasteiger partial charge in [0.2, 0.25) is 0 Å². The van der Waals surface area contributed by atoms with Crippen LogP contribution in [0, 0.1) is 10.2 Å². The van der Waals surface area contributed by atoms with E-state index in [9.17, 15) is 0 Å². The topological polar surface area (TPSA) is 98.6 Å². The maximum atomic E-state index is 8.60. The van der Waals surface area contributed by atoms with Crippen LogP contribution in [-0.2, 0) is 4.74 Å². The number of rotatable bonds is 0. The summed E-state index contributed by atoms with van der Waals surface area (Å²) in [6.45, 7) is 2.00. The Hall–Kier alpha value is 0.0900. The van der Waals surface area contributed by atoms with Crippen LogP contribution >= 0.6 is 0 Å². The normalized spacial score (nSPS) is 18.0. The molecule has 6 heteroatoms. The van der Waals surface area contributed by atoms with E-state index in [0.29, 0.717) is 0 Å². The summed E-state index contributed by atoms with van der Waals surface area (Å²) in [5.74, 6) is 0. The lowest BCUT2D eigenvalue weighted by Crippen LogP contribution is -2.58. The molecule has 0 aromatic rings. The van der Waals surface area contributed by atoms with Crippen molar-refractivity contribution in [2.24, 2.45) is 0 Å². The molecule has 0 amide bonds. The third kappa shape index (κ3) is 15.7. The lowest BCUT2D eigenvalue weighted by atomic mass is 10.4. The van der Waals surface area contributed by atoms with Crippen LogP contribution in [0.2, 0.25) is 0 Å². The Kier molecular flexibility index (Phi) is 4.88. The van der Waals surface area contributed by atoms with E-state index in [1.807, 2.05) is 0 Å². The Balaban J connectivity index is 0.000000162. The zero-order valence-electron chi connectivity index (χ0n) is 5.29. The standard InChI is InChI=1S/C4H8O.ClHO4/c1-2-4-5-3-1;2-1(3,4)5/h1-4H2;(H,2,3,4,5). The van der Waals surface area contributed by atoms with Gasteiger partial charge in [-0.3, -0.25) is 0 Å². The van der Waals surface area contributed by atoms with E-state index in [1.54, 1.807) is 0 Å². The zero-order chi connectivity index (χ0) is 8.04. The van der Waals surface area contributed by atoms with Crippen molar-refractivity contribution in [3.63, 3.8) is 0 Å². The van der Waals surface area contributed by atoms with Crippen LogP contribution in [0.25, 0.3) is 0 Å². The third-order valence-corrected chi connectivity index (χ3v) is 0.827. The SMILES string of the molecule is C1CCOC1.[O-][Cl+3]([O-])([O-])O. The average molecular weight is 173 g/mol. The molecule has 1 fully saturated rings. The summed E-state index contributed by atoms with van der Waals surface area (Å²) >= 11 is 0. The van der Waals surface area contributed by atoms with E-state index < -0.39 is 10.2 Å². The van der Waals surface area contributed by atoms with Gasteiger partial charge in [-0.05, 0) is 12.8 Å². The second kappa shape index (κ2) is 4.84. The van der Waals surface area contributed by atoms with E-state index in [2.05, 4.69) is 0 Å². The maximum absolute atomic E-state index is 8.60. The van der Waals surface area contributed by atoms with Crippen molar-refractivity contribution in [3.8, 4) is 0 Å². The fourth-order valence-electron chi connectivity index (χ4n) is 0.510. The van der Waals surface area contributed by atoms with Gasteiger partial charge in [0.1, 0.15) is 0 Å². The van der Waals surface area contributed by atoms with Crippen LogP contribution in [-0.4, -0.2) is 17.9 Å². The van der Waals surface area contributed by atoms with Gasteiger partial charge in [-0.25, -0.2) is 0 Å². The van der Waals surface area contributed by atoms with E-state index >= 15 is 0 Å². The predicted octanol–water partition coefficient (Wildman–Crippen LogP) is -3.33. The first-order valence-electron chi connectivity index (χ1n) is 2.71. The molecular weight excluding hydrogens is 163 g/mol. The Morgan fingerprint density at radius 1 is 1.10 bits per heavy atom. The molecule has 0 aliphatic carbocycles. The number of hydrogen-bond donors (Lipinski definition) is 1. The van der Waals surface area contributed by atoms with Gasteiger partial charge in [-0.1, -0.05) is 0 Å². The lowest BCUT2D eigenvalue weighted by Gasteiger charge is -2.03. The molecule has 0 aromatic heterocycles. The summed E-state index contributed by atoms with van der Waals surface area (Å²) in [5.41, 5.74) is 0. The minimum absolute atomic E-state index is 1.00. The average Bonchev–Trinajstić information content (AvgIpc) is 2.07. The first-order valence-corrected chi connectivity index (χ1v) is 3.97. The first-order chi connectivity index (χ1) is 4.50. The van der Waals surface area contributed by atoms with Crippen molar-refractivity contribution in [2.45, 2.75) is 12.8 Å². The summed E-state index contributed by atoms with van der Waals surface area (Å²) in [6, 6.07) is 0. The highest BCUT2D eigenvalue weighted by Gasteiger charge is 1.98. The van der Waals surface area contributed by atoms with Crippen molar-refractivity contribution in [1.29, 1.82) is 0 Å². The fourth-order valence-corrected chi connectivity index (χ4v) is 0.510. The highest BCUT2D eigenvalue weighted by atomic mass is 35.7. The summed E-state index contributed by atoms with van der Waals surface area (Å²) in [4.78, 5) is 0. The Morgan fingerprint density at radius 3 is 1.50 bits per heavy atom. The van der Waals surface area contributed by atoms with Crippen LogP contribution in [0.5, 0.6) is 0 Å². The van der Waals surface area contributed by atoms with Gasteiger partial charge in [0.05, 0.1) is 14.9 Å². The summed E-state index contributed by atoms with van der Waals surface area (Å²) in [6.07, 6.45) is 2.56. The molecule has 0 radical (unpaired) electrons. The quantitative estimate of drug-likeness (QED) is 0.412. The molecular formula is C4H9ClO5. The fraction of sp³-hybridized carbons (Fsp3) is 1.00. The van der Waals surface area contributed by atoms with Gasteiger partial charge in [-0.2, -0.15) is 14.0 Å². The number of halogens is 1. The molecule has 10 heavy (non-hydrogen) atoms. The molecule has 0 bridgehead atoms. The van der Waals surface area contributed by atoms with Gasteiger partial charge < -0.3 is 4.74 Å². The summed E-state index contributed by atoms with van der Waals surface area (Å²) < 4.78 is 37.7. The summed E-state index contributed by atoms with van der Waals surface area (Å²) in [5, 5.41) is 0. The van der Waals surface area contributed by atoms with Crippen LogP contribution in [0.3, 0.4) is 0 Å². The van der Waals surface area contributed by atoms with Crippen LogP contribution in [0.1, 0.15) is 12.8 Å². The molecule has 5 nitrogen and oxygen atoms in total. The minimum atomic E-state index is -4.69. The molecule has 1 N–H and O–H groups in total. The molecule has 0 atom stereocenters. The molecule has 1 rings (SSSR count). The van der Waals surface area contributed by atoms with Crippen molar-refractivity contribution in [2.75, 3.05) is 13.2 Å². The molecule has 0 aromatic carbocycles. The molecule has 62 valence electrons. The smallest absolute Gasteiger partial charge is 0.0777 e. The van der Waals surface area contributed by atoms with Crippen molar-refractivity contribution >= 4 is 0 Å². The molecule has 1 saturated heterocycles. The molecule has 1 aliphatic heterocycles. The van der Waals surface area contributed by atoms with Crippen LogP contribution in [0.15, 0.2) is 0 Å². The lowest BCUT2D eigenvalue weighted by molar-refractivity contribution is -1.92. The molecule has 0 spiro atoms. The van der Waals surface area contributed by atoms with Gasteiger partial charge in [0, 0.05) is 13.2 Å². The molecule has 1 aliphatic rings. The second-order valence-corrected chi connectivity index (χ2v) is 2.51. The Labute approximate surface area is 60.6 Å². The second-order valence-electron chi connectivity index (χ2n) is 1.72. The minimum Gasteiger partial charge on any atom is -0.381 e. The first kappa shape index (κ1) is 10.1. The molecule has 0 unspecified atom stereocenters. The Morgan fingerprint density at radius 2 is 1.40 bits per heavy atom. The highest BCUT2D eigenvalue weighted by molar-refractivity contribution is 4.43. The van der Waals surface area contributed by atoms with Crippen LogP contribution < -0.4 is 14.0 Å². The van der Waals surface area contributed by atoms with Gasteiger partial charge in [0.25, 0.3) is 0 Å². The highest BCUT2D eigenvalue weighted by Crippen LogP contribution is 1.98. The maximum Gasteiger partial charge on any atom is 0.0777 e. The van der Waals surface area contributed by atoms with Crippen molar-refractivity contribution in [3.05, 3.63) is 0 Å². The van der Waals surface area contributed by atoms with Crippen LogP contribution in [0.4, 0.5) is 0 Å². The van der Waals surface area contributed by atoms with E-state index in [1.165, 1.54) is 12.8 Å². The van der Waals surface area contributed by atoms with Gasteiger partial charge >= 0.3 is 0 Å². The van der Waals surface area contributed by atoms with Gasteiger partial charge in [-0.15, -0.1) is 0 Å². The van der Waals surface area contributed by atoms with E-state index in [-0.39, 0.29) is 0 Å². The van der Waals surface area contributed by atoms with E-state index in [0.717, 1.165) is 13.2 Å². The zero-order valence-corrected chi connectivity index (χ0v) is 6.04. The van der Waals surface area contributed by atoms with Crippen molar-refractivity contribution in [1.82, 2.24) is 0 Å². The number of hydrogen-bond acceptors (Lipinski definition) is 5. The Bertz CT molecular complexity index is 62.6. The molecule has 1 heterocycles.